The summed E-state index contributed by atoms with van der Waals surface area (Å²) in [5.74, 6) is -0.245. The fourth-order valence-corrected chi connectivity index (χ4v) is 2.19. The van der Waals surface area contributed by atoms with E-state index in [9.17, 15) is 14.9 Å². The van der Waals surface area contributed by atoms with Crippen LogP contribution in [0.15, 0.2) is 47.6 Å². The Hall–Kier alpha value is -2.96. The minimum atomic E-state index is -0.559. The molecule has 0 saturated heterocycles. The number of pyridine rings is 1. The van der Waals surface area contributed by atoms with Crippen molar-refractivity contribution < 1.29 is 14.5 Å². The smallest absolute Gasteiger partial charge is 0.311 e. The number of hydrogen-bond acceptors (Lipinski definition) is 5. The molecule has 1 aromatic heterocycles. The summed E-state index contributed by atoms with van der Waals surface area (Å²) in [4.78, 5) is 27.8. The zero-order valence-corrected chi connectivity index (χ0v) is 13.8. The lowest BCUT2D eigenvalue weighted by atomic mass is 10.1. The van der Waals surface area contributed by atoms with E-state index in [1.807, 2.05) is 13.8 Å². The molecule has 0 bridgehead atoms. The third-order valence-corrected chi connectivity index (χ3v) is 3.15. The van der Waals surface area contributed by atoms with E-state index >= 15 is 0 Å². The van der Waals surface area contributed by atoms with Crippen LogP contribution in [0.3, 0.4) is 0 Å². The van der Waals surface area contributed by atoms with Gasteiger partial charge in [-0.15, -0.1) is 0 Å². The third-order valence-electron chi connectivity index (χ3n) is 3.15. The largest absolute Gasteiger partial charge is 0.487 e. The number of aromatic nitrogens is 1. The van der Waals surface area contributed by atoms with Crippen molar-refractivity contribution >= 4 is 11.6 Å². The average molecular weight is 329 g/mol. The lowest BCUT2D eigenvalue weighted by molar-refractivity contribution is -0.385. The Balaban J connectivity index is 2.52. The third kappa shape index (κ3) is 3.87. The summed E-state index contributed by atoms with van der Waals surface area (Å²) in [5.41, 5.74) is 0.456. The van der Waals surface area contributed by atoms with Crippen molar-refractivity contribution in [3.8, 4) is 5.75 Å². The van der Waals surface area contributed by atoms with Gasteiger partial charge in [0.1, 0.15) is 5.49 Å². The molecule has 0 spiro atoms. The first-order chi connectivity index (χ1) is 11.4. The molecule has 0 unspecified atom stereocenters. The van der Waals surface area contributed by atoms with Crippen molar-refractivity contribution in [3.05, 3.63) is 63.8 Å². The molecule has 7 heteroatoms. The highest BCUT2D eigenvalue weighted by molar-refractivity contribution is 5.96. The van der Waals surface area contributed by atoms with Crippen LogP contribution in [0.5, 0.6) is 5.75 Å². The summed E-state index contributed by atoms with van der Waals surface area (Å²) in [5, 5.41) is 11.2. The molecule has 0 aliphatic heterocycles. The summed E-state index contributed by atoms with van der Waals surface area (Å²) >= 11 is 0. The highest BCUT2D eigenvalue weighted by Crippen LogP contribution is 2.28. The molecule has 0 aliphatic rings. The number of nitrogens with zero attached hydrogens (tertiary/aromatic N) is 3. The quantitative estimate of drug-likeness (QED) is 0.623. The predicted octanol–water partition coefficient (Wildman–Crippen LogP) is 2.79. The molecule has 126 valence electrons. The van der Waals surface area contributed by atoms with Crippen molar-refractivity contribution in [2.75, 3.05) is 6.61 Å². The molecular weight excluding hydrogens is 310 g/mol. The molecule has 24 heavy (non-hydrogen) atoms. The van der Waals surface area contributed by atoms with E-state index in [1.54, 1.807) is 31.3 Å². The molecule has 0 radical (unpaired) electrons. The lowest BCUT2D eigenvalue weighted by Crippen LogP contribution is -2.28. The van der Waals surface area contributed by atoms with Crippen LogP contribution >= 0.6 is 0 Å². The molecular formula is C17H19N3O4. The second-order valence-electron chi connectivity index (χ2n) is 5.33. The van der Waals surface area contributed by atoms with Gasteiger partial charge in [0.05, 0.1) is 11.5 Å². The normalized spacial score (nSPS) is 11.6. The zero-order chi connectivity index (χ0) is 17.7. The minimum Gasteiger partial charge on any atom is -0.487 e. The second-order valence-corrected chi connectivity index (χ2v) is 5.33. The molecule has 0 saturated carbocycles. The van der Waals surface area contributed by atoms with E-state index in [-0.39, 0.29) is 28.9 Å². The fraction of sp³-hybridized carbons (Fsp3) is 0.294. The van der Waals surface area contributed by atoms with Crippen LogP contribution in [0.25, 0.3) is 0 Å². The summed E-state index contributed by atoms with van der Waals surface area (Å²) in [6.45, 7) is 5.86. The maximum atomic E-state index is 12.7. The fourth-order valence-electron chi connectivity index (χ4n) is 2.19. The molecule has 0 fully saturated rings. The Bertz CT molecular complexity index is 825. The molecule has 1 heterocycles. The molecule has 0 aliphatic carbocycles. The van der Waals surface area contributed by atoms with Gasteiger partial charge in [0, 0.05) is 23.9 Å². The van der Waals surface area contributed by atoms with Crippen LogP contribution in [-0.4, -0.2) is 28.0 Å². The van der Waals surface area contributed by atoms with Crippen molar-refractivity contribution in [3.63, 3.8) is 0 Å². The number of ether oxygens (including phenoxy) is 1. The average Bonchev–Trinajstić information content (AvgIpc) is 2.54. The van der Waals surface area contributed by atoms with Gasteiger partial charge in [0.2, 0.25) is 0 Å². The van der Waals surface area contributed by atoms with Gasteiger partial charge < -0.3 is 4.74 Å². The van der Waals surface area contributed by atoms with Crippen LogP contribution in [0.1, 0.15) is 31.1 Å². The number of benzene rings is 1. The molecule has 1 aromatic carbocycles. The monoisotopic (exact) mass is 329 g/mol. The number of carbonyl (C=O) groups excluding carboxylic acids is 1. The van der Waals surface area contributed by atoms with E-state index in [0.29, 0.717) is 12.1 Å². The minimum absolute atomic E-state index is 0.0149. The second kappa shape index (κ2) is 7.54. The summed E-state index contributed by atoms with van der Waals surface area (Å²) in [6.07, 6.45) is 1.59. The van der Waals surface area contributed by atoms with Crippen LogP contribution < -0.4 is 10.2 Å². The van der Waals surface area contributed by atoms with Crippen LogP contribution in [0, 0.1) is 10.1 Å². The topological polar surface area (TPSA) is 86.7 Å². The molecule has 0 atom stereocenters. The molecule has 0 amide bonds. The van der Waals surface area contributed by atoms with Crippen molar-refractivity contribution in [1.82, 2.24) is 4.57 Å². The van der Waals surface area contributed by atoms with Gasteiger partial charge in [0.25, 0.3) is 5.91 Å². The molecule has 0 N–H and O–H groups in total. The summed E-state index contributed by atoms with van der Waals surface area (Å²) < 4.78 is 6.61. The van der Waals surface area contributed by atoms with Gasteiger partial charge in [-0.25, -0.2) is 0 Å². The molecule has 2 rings (SSSR count). The van der Waals surface area contributed by atoms with Gasteiger partial charge in [-0.1, -0.05) is 6.07 Å². The SMILES string of the molecule is CCOc1ccc(C(=O)n2ccccc2=NC(C)C)cc1[N+](=O)[O-]. The number of rotatable bonds is 5. The van der Waals surface area contributed by atoms with Crippen LogP contribution in [-0.2, 0) is 0 Å². The molecule has 2 aromatic rings. The first-order valence-electron chi connectivity index (χ1n) is 7.61. The predicted molar refractivity (Wildman–Crippen MR) is 89.1 cm³/mol. The number of carbonyl (C=O) groups is 1. The van der Waals surface area contributed by atoms with E-state index in [4.69, 9.17) is 4.74 Å². The van der Waals surface area contributed by atoms with Crippen molar-refractivity contribution in [1.29, 1.82) is 0 Å². The van der Waals surface area contributed by atoms with Crippen molar-refractivity contribution in [2.45, 2.75) is 26.8 Å². The first kappa shape index (κ1) is 17.4. The number of nitro groups is 1. The Kier molecular flexibility index (Phi) is 5.47. The lowest BCUT2D eigenvalue weighted by Gasteiger charge is -2.09. The van der Waals surface area contributed by atoms with Crippen LogP contribution in [0.4, 0.5) is 5.69 Å². The maximum Gasteiger partial charge on any atom is 0.311 e. The van der Waals surface area contributed by atoms with E-state index in [0.717, 1.165) is 0 Å². The zero-order valence-electron chi connectivity index (χ0n) is 13.8. The Morgan fingerprint density at radius 2 is 2.08 bits per heavy atom. The highest BCUT2D eigenvalue weighted by Gasteiger charge is 2.19. The number of nitro benzene ring substituents is 1. The van der Waals surface area contributed by atoms with E-state index in [1.165, 1.54) is 22.8 Å². The maximum absolute atomic E-state index is 12.7. The molecule has 7 nitrogen and oxygen atoms in total. The number of hydrogen-bond donors (Lipinski definition) is 0. The summed E-state index contributed by atoms with van der Waals surface area (Å²) in [7, 11) is 0. The standard InChI is InChI=1S/C17H19N3O4/c1-4-24-15-9-8-13(11-14(15)20(22)23)17(21)19-10-6-5-7-16(19)18-12(2)3/h5-12H,4H2,1-3H3. The van der Waals surface area contributed by atoms with Crippen LogP contribution in [0.2, 0.25) is 0 Å². The van der Waals surface area contributed by atoms with Gasteiger partial charge in [-0.3, -0.25) is 24.5 Å². The Labute approximate surface area is 139 Å². The summed E-state index contributed by atoms with van der Waals surface area (Å²) in [6, 6.07) is 9.41. The van der Waals surface area contributed by atoms with Gasteiger partial charge >= 0.3 is 5.69 Å². The Morgan fingerprint density at radius 3 is 2.71 bits per heavy atom. The Morgan fingerprint density at radius 1 is 1.33 bits per heavy atom. The van der Waals surface area contributed by atoms with Crippen molar-refractivity contribution in [2.24, 2.45) is 4.99 Å². The van der Waals surface area contributed by atoms with E-state index in [2.05, 4.69) is 4.99 Å². The van der Waals surface area contributed by atoms with E-state index < -0.39 is 4.92 Å². The van der Waals surface area contributed by atoms with Gasteiger partial charge in [-0.2, -0.15) is 0 Å². The highest BCUT2D eigenvalue weighted by atomic mass is 16.6. The first-order valence-corrected chi connectivity index (χ1v) is 7.61. The van der Waals surface area contributed by atoms with Gasteiger partial charge in [0.15, 0.2) is 5.75 Å². The van der Waals surface area contributed by atoms with Gasteiger partial charge in [-0.05, 0) is 45.0 Å².